The molecule has 1 aliphatic rings. The average molecular weight is 289 g/mol. The van der Waals surface area contributed by atoms with Crippen LogP contribution in [0.2, 0.25) is 0 Å². The Bertz CT molecular complexity index is 318. The molecule has 0 atom stereocenters. The van der Waals surface area contributed by atoms with Gasteiger partial charge in [0.05, 0.1) is 0 Å². The molecule has 0 amide bonds. The van der Waals surface area contributed by atoms with Gasteiger partial charge in [0.15, 0.2) is 5.13 Å². The van der Waals surface area contributed by atoms with Crippen molar-refractivity contribution in [2.24, 2.45) is 5.92 Å². The summed E-state index contributed by atoms with van der Waals surface area (Å²) < 4.78 is 1.04. The maximum absolute atomic E-state index is 4.40. The van der Waals surface area contributed by atoms with E-state index < -0.39 is 0 Å². The van der Waals surface area contributed by atoms with Crippen molar-refractivity contribution < 1.29 is 0 Å². The number of aryl methyl sites for hydroxylation is 1. The van der Waals surface area contributed by atoms with Crippen molar-refractivity contribution >= 4 is 32.4 Å². The molecule has 0 radical (unpaired) electrons. The first-order chi connectivity index (χ1) is 7.29. The Labute approximate surface area is 104 Å². The zero-order valence-corrected chi connectivity index (χ0v) is 11.5. The van der Waals surface area contributed by atoms with Crippen molar-refractivity contribution in [2.75, 3.05) is 12.4 Å². The van der Waals surface area contributed by atoms with E-state index in [0.29, 0.717) is 0 Å². The van der Waals surface area contributed by atoms with Gasteiger partial charge in [-0.1, -0.05) is 25.7 Å². The Kier molecular flexibility index (Phi) is 4.03. The molecule has 2 nitrogen and oxygen atoms in total. The van der Waals surface area contributed by atoms with Crippen LogP contribution in [0.5, 0.6) is 0 Å². The van der Waals surface area contributed by atoms with Crippen LogP contribution in [-0.2, 0) is 6.42 Å². The minimum Gasteiger partial charge on any atom is -0.365 e. The first kappa shape index (κ1) is 11.4. The summed E-state index contributed by atoms with van der Waals surface area (Å²) in [4.78, 5) is 5.79. The molecule has 84 valence electrons. The standard InChI is InChI=1S/C11H17BrN2S/c1-13-11-14-10(12)9(15-11)7-6-8-4-2-3-5-8/h8H,2-7H2,1H3,(H,13,14). The number of halogens is 1. The first-order valence-corrected chi connectivity index (χ1v) is 7.23. The highest BCUT2D eigenvalue weighted by Crippen LogP contribution is 2.33. The van der Waals surface area contributed by atoms with Crippen molar-refractivity contribution in [3.8, 4) is 0 Å². The average Bonchev–Trinajstić information content (AvgIpc) is 2.84. The maximum atomic E-state index is 4.40. The summed E-state index contributed by atoms with van der Waals surface area (Å²) in [6.07, 6.45) is 8.28. The van der Waals surface area contributed by atoms with Gasteiger partial charge in [-0.3, -0.25) is 0 Å². The van der Waals surface area contributed by atoms with E-state index in [2.05, 4.69) is 26.2 Å². The molecule has 1 saturated carbocycles. The third-order valence-corrected chi connectivity index (χ3v) is 5.17. The summed E-state index contributed by atoms with van der Waals surface area (Å²) in [5, 5.41) is 4.11. The fourth-order valence-corrected chi connectivity index (χ4v) is 3.79. The van der Waals surface area contributed by atoms with E-state index >= 15 is 0 Å². The van der Waals surface area contributed by atoms with Crippen LogP contribution in [-0.4, -0.2) is 12.0 Å². The van der Waals surface area contributed by atoms with Crippen LogP contribution in [0.4, 0.5) is 5.13 Å². The van der Waals surface area contributed by atoms with Crippen molar-refractivity contribution in [3.05, 3.63) is 9.48 Å². The number of aromatic nitrogens is 1. The second kappa shape index (κ2) is 5.30. The van der Waals surface area contributed by atoms with Crippen LogP contribution in [0.1, 0.15) is 37.0 Å². The van der Waals surface area contributed by atoms with E-state index in [1.807, 2.05) is 7.05 Å². The quantitative estimate of drug-likeness (QED) is 0.903. The molecule has 4 heteroatoms. The summed E-state index contributed by atoms with van der Waals surface area (Å²) >= 11 is 5.30. The zero-order chi connectivity index (χ0) is 10.7. The lowest BCUT2D eigenvalue weighted by molar-refractivity contribution is 0.505. The molecular formula is C11H17BrN2S. The summed E-state index contributed by atoms with van der Waals surface area (Å²) in [5.74, 6) is 0.969. The lowest BCUT2D eigenvalue weighted by Gasteiger charge is -2.06. The van der Waals surface area contributed by atoms with Gasteiger partial charge in [0.2, 0.25) is 0 Å². The van der Waals surface area contributed by atoms with Crippen molar-refractivity contribution in [2.45, 2.75) is 38.5 Å². The van der Waals surface area contributed by atoms with Gasteiger partial charge < -0.3 is 5.32 Å². The maximum Gasteiger partial charge on any atom is 0.183 e. The Balaban J connectivity index is 1.89. The number of anilines is 1. The SMILES string of the molecule is CNc1nc(Br)c(CCC2CCCC2)s1. The number of rotatable bonds is 4. The molecule has 0 saturated heterocycles. The largest absolute Gasteiger partial charge is 0.365 e. The van der Waals surface area contributed by atoms with Gasteiger partial charge in [0, 0.05) is 11.9 Å². The second-order valence-electron chi connectivity index (χ2n) is 4.17. The van der Waals surface area contributed by atoms with E-state index in [-0.39, 0.29) is 0 Å². The summed E-state index contributed by atoms with van der Waals surface area (Å²) in [5.41, 5.74) is 0. The lowest BCUT2D eigenvalue weighted by Crippen LogP contribution is -1.95. The van der Waals surface area contributed by atoms with Crippen LogP contribution in [0.15, 0.2) is 4.60 Å². The van der Waals surface area contributed by atoms with Crippen LogP contribution < -0.4 is 5.32 Å². The van der Waals surface area contributed by atoms with Crippen LogP contribution in [0, 0.1) is 5.92 Å². The molecule has 1 aromatic rings. The molecule has 0 spiro atoms. The van der Waals surface area contributed by atoms with Gasteiger partial charge in [-0.25, -0.2) is 4.98 Å². The minimum atomic E-state index is 0.969. The van der Waals surface area contributed by atoms with E-state index in [1.54, 1.807) is 11.3 Å². The molecule has 0 aromatic carbocycles. The third-order valence-electron chi connectivity index (χ3n) is 3.12. The number of hydrogen-bond acceptors (Lipinski definition) is 3. The molecule has 1 aliphatic carbocycles. The smallest absolute Gasteiger partial charge is 0.183 e. The molecular weight excluding hydrogens is 272 g/mol. The van der Waals surface area contributed by atoms with Crippen LogP contribution >= 0.6 is 27.3 Å². The number of thiazole rings is 1. The third kappa shape index (κ3) is 2.94. The molecule has 2 rings (SSSR count). The molecule has 1 aromatic heterocycles. The molecule has 0 bridgehead atoms. The molecule has 1 fully saturated rings. The zero-order valence-electron chi connectivity index (χ0n) is 9.05. The Morgan fingerprint density at radius 1 is 1.47 bits per heavy atom. The Hall–Kier alpha value is -0.0900. The van der Waals surface area contributed by atoms with Gasteiger partial charge in [-0.2, -0.15) is 0 Å². The highest BCUT2D eigenvalue weighted by Gasteiger charge is 2.16. The van der Waals surface area contributed by atoms with E-state index in [0.717, 1.165) is 15.7 Å². The van der Waals surface area contributed by atoms with Crippen molar-refractivity contribution in [3.63, 3.8) is 0 Å². The van der Waals surface area contributed by atoms with Crippen LogP contribution in [0.25, 0.3) is 0 Å². The van der Waals surface area contributed by atoms with Gasteiger partial charge in [0.25, 0.3) is 0 Å². The summed E-state index contributed by atoms with van der Waals surface area (Å²) in [6.45, 7) is 0. The van der Waals surface area contributed by atoms with E-state index in [4.69, 9.17) is 0 Å². The summed E-state index contributed by atoms with van der Waals surface area (Å²) in [7, 11) is 1.92. The predicted molar refractivity (Wildman–Crippen MR) is 69.6 cm³/mol. The Morgan fingerprint density at radius 3 is 2.80 bits per heavy atom. The first-order valence-electron chi connectivity index (χ1n) is 5.62. The normalized spacial score (nSPS) is 17.2. The number of nitrogens with one attached hydrogen (secondary N) is 1. The Morgan fingerprint density at radius 2 is 2.20 bits per heavy atom. The second-order valence-corrected chi connectivity index (χ2v) is 6.01. The van der Waals surface area contributed by atoms with E-state index in [1.165, 1.54) is 43.4 Å². The van der Waals surface area contributed by atoms with Gasteiger partial charge in [-0.05, 0) is 34.7 Å². The molecule has 15 heavy (non-hydrogen) atoms. The van der Waals surface area contributed by atoms with Gasteiger partial charge >= 0.3 is 0 Å². The van der Waals surface area contributed by atoms with Crippen molar-refractivity contribution in [1.29, 1.82) is 0 Å². The molecule has 0 aliphatic heterocycles. The topological polar surface area (TPSA) is 24.9 Å². The molecule has 0 unspecified atom stereocenters. The predicted octanol–water partition coefficient (Wildman–Crippen LogP) is 4.07. The van der Waals surface area contributed by atoms with Crippen molar-refractivity contribution in [1.82, 2.24) is 4.98 Å². The fourth-order valence-electron chi connectivity index (χ4n) is 2.23. The van der Waals surface area contributed by atoms with Gasteiger partial charge in [-0.15, -0.1) is 11.3 Å². The highest BCUT2D eigenvalue weighted by atomic mass is 79.9. The minimum absolute atomic E-state index is 0.969. The molecule has 1 N–H and O–H groups in total. The van der Waals surface area contributed by atoms with Gasteiger partial charge in [0.1, 0.15) is 4.60 Å². The number of nitrogens with zero attached hydrogens (tertiary/aromatic N) is 1. The molecule has 1 heterocycles. The van der Waals surface area contributed by atoms with Crippen LogP contribution in [0.3, 0.4) is 0 Å². The summed E-state index contributed by atoms with van der Waals surface area (Å²) in [6, 6.07) is 0. The number of hydrogen-bond donors (Lipinski definition) is 1. The fraction of sp³-hybridized carbons (Fsp3) is 0.727. The highest BCUT2D eigenvalue weighted by molar-refractivity contribution is 9.10. The lowest BCUT2D eigenvalue weighted by atomic mass is 10.0. The monoisotopic (exact) mass is 288 g/mol. The van der Waals surface area contributed by atoms with E-state index in [9.17, 15) is 0 Å².